The summed E-state index contributed by atoms with van der Waals surface area (Å²) in [6.45, 7) is 4.85. The first-order valence-corrected chi connectivity index (χ1v) is 5.24. The van der Waals surface area contributed by atoms with Crippen LogP contribution in [0.25, 0.3) is 5.65 Å². The van der Waals surface area contributed by atoms with E-state index in [4.69, 9.17) is 5.73 Å². The summed E-state index contributed by atoms with van der Waals surface area (Å²) in [5, 5.41) is 8.38. The van der Waals surface area contributed by atoms with E-state index in [1.807, 2.05) is 22.7 Å². The van der Waals surface area contributed by atoms with Crippen LogP contribution in [0.4, 0.5) is 0 Å². The van der Waals surface area contributed by atoms with Crippen LogP contribution < -0.4 is 5.73 Å². The number of pyridine rings is 1. The molecule has 2 aromatic heterocycles. The van der Waals surface area contributed by atoms with Gasteiger partial charge < -0.3 is 5.73 Å². The van der Waals surface area contributed by atoms with Crippen molar-refractivity contribution in [2.45, 2.75) is 26.8 Å². The fourth-order valence-electron chi connectivity index (χ4n) is 1.68. The molecule has 0 unspecified atom stereocenters. The highest BCUT2D eigenvalue weighted by atomic mass is 15.2. The van der Waals surface area contributed by atoms with Gasteiger partial charge in [-0.15, -0.1) is 10.2 Å². The summed E-state index contributed by atoms with van der Waals surface area (Å²) in [5.74, 6) is 1.59. The third kappa shape index (κ3) is 1.85. The Balaban J connectivity index is 2.51. The monoisotopic (exact) mass is 204 g/mol. The van der Waals surface area contributed by atoms with Crippen LogP contribution in [-0.2, 0) is 13.0 Å². The third-order valence-electron chi connectivity index (χ3n) is 2.40. The predicted octanol–water partition coefficient (Wildman–Crippen LogP) is 1.39. The average Bonchev–Trinajstić information content (AvgIpc) is 2.61. The maximum Gasteiger partial charge on any atom is 0.165 e. The standard InChI is InChI=1S/C11H16N4/c1-8(2)6-10-13-14-11-9(7-12)4-3-5-15(10)11/h3-5,8H,6-7,12H2,1-2H3. The first-order valence-electron chi connectivity index (χ1n) is 5.24. The fourth-order valence-corrected chi connectivity index (χ4v) is 1.68. The van der Waals surface area contributed by atoms with Crippen LogP contribution in [0.5, 0.6) is 0 Å². The van der Waals surface area contributed by atoms with Crippen LogP contribution in [0.2, 0.25) is 0 Å². The summed E-state index contributed by atoms with van der Waals surface area (Å²) in [5.41, 5.74) is 7.57. The second-order valence-electron chi connectivity index (χ2n) is 4.15. The second kappa shape index (κ2) is 3.98. The number of nitrogens with zero attached hydrogens (tertiary/aromatic N) is 3. The molecule has 0 bridgehead atoms. The molecule has 0 fully saturated rings. The lowest BCUT2D eigenvalue weighted by Crippen LogP contribution is -2.03. The molecule has 4 heteroatoms. The first-order chi connectivity index (χ1) is 7.22. The SMILES string of the molecule is CC(C)Cc1nnc2c(CN)cccn12. The van der Waals surface area contributed by atoms with E-state index < -0.39 is 0 Å². The van der Waals surface area contributed by atoms with Gasteiger partial charge in [0.05, 0.1) is 0 Å². The Bertz CT molecular complexity index is 459. The van der Waals surface area contributed by atoms with Crippen LogP contribution >= 0.6 is 0 Å². The van der Waals surface area contributed by atoms with Crippen molar-refractivity contribution in [2.24, 2.45) is 11.7 Å². The van der Waals surface area contributed by atoms with E-state index in [9.17, 15) is 0 Å². The van der Waals surface area contributed by atoms with Crippen LogP contribution in [0, 0.1) is 5.92 Å². The van der Waals surface area contributed by atoms with Crippen molar-refractivity contribution in [3.8, 4) is 0 Å². The molecule has 0 aliphatic carbocycles. The van der Waals surface area contributed by atoms with Crippen molar-refractivity contribution in [1.29, 1.82) is 0 Å². The van der Waals surface area contributed by atoms with E-state index in [1.165, 1.54) is 0 Å². The lowest BCUT2D eigenvalue weighted by atomic mass is 10.1. The maximum absolute atomic E-state index is 5.65. The van der Waals surface area contributed by atoms with Gasteiger partial charge in [-0.2, -0.15) is 0 Å². The highest BCUT2D eigenvalue weighted by Crippen LogP contribution is 2.12. The maximum atomic E-state index is 5.65. The molecule has 0 spiro atoms. The summed E-state index contributed by atoms with van der Waals surface area (Å²) >= 11 is 0. The molecule has 0 radical (unpaired) electrons. The van der Waals surface area contributed by atoms with Gasteiger partial charge in [0.15, 0.2) is 5.65 Å². The second-order valence-corrected chi connectivity index (χ2v) is 4.15. The number of nitrogens with two attached hydrogens (primary N) is 1. The number of hydrogen-bond donors (Lipinski definition) is 1. The van der Waals surface area contributed by atoms with Crippen LogP contribution in [0.1, 0.15) is 25.2 Å². The summed E-state index contributed by atoms with van der Waals surface area (Å²) in [6.07, 6.45) is 2.93. The minimum Gasteiger partial charge on any atom is -0.326 e. The highest BCUT2D eigenvalue weighted by Gasteiger charge is 2.09. The van der Waals surface area contributed by atoms with Gasteiger partial charge in [0, 0.05) is 24.7 Å². The molecule has 4 nitrogen and oxygen atoms in total. The number of aromatic nitrogens is 3. The van der Waals surface area contributed by atoms with Crippen LogP contribution in [0.15, 0.2) is 18.3 Å². The Morgan fingerprint density at radius 3 is 2.87 bits per heavy atom. The third-order valence-corrected chi connectivity index (χ3v) is 2.40. The number of hydrogen-bond acceptors (Lipinski definition) is 3. The van der Waals surface area contributed by atoms with E-state index in [0.29, 0.717) is 12.5 Å². The zero-order valence-corrected chi connectivity index (χ0v) is 9.14. The highest BCUT2D eigenvalue weighted by molar-refractivity contribution is 5.47. The Morgan fingerprint density at radius 2 is 2.20 bits per heavy atom. The topological polar surface area (TPSA) is 56.2 Å². The summed E-state index contributed by atoms with van der Waals surface area (Å²) in [7, 11) is 0. The van der Waals surface area contributed by atoms with Crippen LogP contribution in [-0.4, -0.2) is 14.6 Å². The molecule has 0 saturated heterocycles. The summed E-state index contributed by atoms with van der Waals surface area (Å²) in [6, 6.07) is 3.98. The molecular weight excluding hydrogens is 188 g/mol. The molecule has 0 amide bonds. The van der Waals surface area contributed by atoms with Gasteiger partial charge in [0.2, 0.25) is 0 Å². The molecule has 0 aliphatic rings. The Hall–Kier alpha value is -1.42. The zero-order valence-electron chi connectivity index (χ0n) is 9.14. The van der Waals surface area contributed by atoms with Gasteiger partial charge in [-0.25, -0.2) is 0 Å². The predicted molar refractivity (Wildman–Crippen MR) is 59.4 cm³/mol. The average molecular weight is 204 g/mol. The van der Waals surface area contributed by atoms with Crippen molar-refractivity contribution in [3.05, 3.63) is 29.7 Å². The van der Waals surface area contributed by atoms with E-state index in [2.05, 4.69) is 24.0 Å². The largest absolute Gasteiger partial charge is 0.326 e. The Morgan fingerprint density at radius 1 is 1.40 bits per heavy atom. The molecule has 2 aromatic rings. The quantitative estimate of drug-likeness (QED) is 0.822. The van der Waals surface area contributed by atoms with Gasteiger partial charge in [-0.1, -0.05) is 19.9 Å². The van der Waals surface area contributed by atoms with Crippen molar-refractivity contribution < 1.29 is 0 Å². The number of fused-ring (bicyclic) bond motifs is 1. The smallest absolute Gasteiger partial charge is 0.165 e. The number of rotatable bonds is 3. The minimum atomic E-state index is 0.504. The van der Waals surface area contributed by atoms with E-state index in [-0.39, 0.29) is 0 Å². The van der Waals surface area contributed by atoms with Gasteiger partial charge in [0.1, 0.15) is 5.82 Å². The first kappa shape index (κ1) is 10.1. The molecule has 0 aliphatic heterocycles. The summed E-state index contributed by atoms with van der Waals surface area (Å²) in [4.78, 5) is 0. The molecule has 2 rings (SSSR count). The Kier molecular flexibility index (Phi) is 2.68. The van der Waals surface area contributed by atoms with Gasteiger partial charge in [-0.3, -0.25) is 4.40 Å². The normalized spacial score (nSPS) is 11.5. The van der Waals surface area contributed by atoms with Gasteiger partial charge >= 0.3 is 0 Å². The van der Waals surface area contributed by atoms with Crippen LogP contribution in [0.3, 0.4) is 0 Å². The van der Waals surface area contributed by atoms with Crippen molar-refractivity contribution in [2.75, 3.05) is 0 Å². The van der Waals surface area contributed by atoms with E-state index >= 15 is 0 Å². The lowest BCUT2D eigenvalue weighted by Gasteiger charge is -2.03. The van der Waals surface area contributed by atoms with Crippen molar-refractivity contribution in [3.63, 3.8) is 0 Å². The molecule has 2 heterocycles. The van der Waals surface area contributed by atoms with E-state index in [1.54, 1.807) is 0 Å². The molecule has 0 atom stereocenters. The van der Waals surface area contributed by atoms with Crippen molar-refractivity contribution >= 4 is 5.65 Å². The van der Waals surface area contributed by atoms with Crippen molar-refractivity contribution in [1.82, 2.24) is 14.6 Å². The molecule has 2 N–H and O–H groups in total. The fraction of sp³-hybridized carbons (Fsp3) is 0.455. The lowest BCUT2D eigenvalue weighted by molar-refractivity contribution is 0.616. The Labute approximate surface area is 89.1 Å². The van der Waals surface area contributed by atoms with E-state index in [0.717, 1.165) is 23.5 Å². The summed E-state index contributed by atoms with van der Waals surface area (Å²) < 4.78 is 2.03. The molecule has 15 heavy (non-hydrogen) atoms. The molecule has 80 valence electrons. The molecular formula is C11H16N4. The minimum absolute atomic E-state index is 0.504. The zero-order chi connectivity index (χ0) is 10.8. The van der Waals surface area contributed by atoms with Gasteiger partial charge in [0.25, 0.3) is 0 Å². The van der Waals surface area contributed by atoms with Gasteiger partial charge in [-0.05, 0) is 12.0 Å². The molecule has 0 aromatic carbocycles. The molecule has 0 saturated carbocycles.